The third-order valence-corrected chi connectivity index (χ3v) is 6.28. The van der Waals surface area contributed by atoms with E-state index in [2.05, 4.69) is 12.1 Å². The lowest BCUT2D eigenvalue weighted by Gasteiger charge is -2.58. The van der Waals surface area contributed by atoms with Crippen LogP contribution in [0.25, 0.3) is 0 Å². The number of hydrogen-bond acceptors (Lipinski definition) is 1. The maximum Gasteiger partial charge on any atom is 0.0873 e. The summed E-state index contributed by atoms with van der Waals surface area (Å²) in [4.78, 5) is 0. The van der Waals surface area contributed by atoms with Gasteiger partial charge in [-0.2, -0.15) is 0 Å². The molecule has 4 bridgehead atoms. The van der Waals surface area contributed by atoms with E-state index in [1.165, 1.54) is 38.5 Å². The Hall–Kier alpha value is -0.820. The van der Waals surface area contributed by atoms with E-state index >= 15 is 0 Å². The summed E-state index contributed by atoms with van der Waals surface area (Å²) in [5.41, 5.74) is 0.872. The molecule has 1 nitrogen and oxygen atoms in total. The van der Waals surface area contributed by atoms with Crippen LogP contribution in [0.1, 0.15) is 57.4 Å². The van der Waals surface area contributed by atoms with E-state index in [1.807, 2.05) is 25.1 Å². The molecule has 1 aromatic carbocycles. The van der Waals surface area contributed by atoms with Gasteiger partial charge in [0.25, 0.3) is 0 Å². The first-order valence-electron chi connectivity index (χ1n) is 8.33. The van der Waals surface area contributed by atoms with Gasteiger partial charge in [0, 0.05) is 0 Å². The van der Waals surface area contributed by atoms with Gasteiger partial charge in [-0.05, 0) is 80.6 Å². The van der Waals surface area contributed by atoms with Crippen LogP contribution >= 0.6 is 0 Å². The maximum atomic E-state index is 11.0. The molecule has 0 amide bonds. The first kappa shape index (κ1) is 12.9. The zero-order chi connectivity index (χ0) is 13.8. The van der Waals surface area contributed by atoms with E-state index in [9.17, 15) is 5.11 Å². The van der Waals surface area contributed by atoms with Crippen LogP contribution in [-0.4, -0.2) is 5.11 Å². The summed E-state index contributed by atoms with van der Waals surface area (Å²) in [6.07, 6.45) is 9.53. The second kappa shape index (κ2) is 4.34. The summed E-state index contributed by atoms with van der Waals surface area (Å²) in [5.74, 6) is 2.90. The fraction of sp³-hybridized carbons (Fsp3) is 0.684. The standard InChI is InChI=1S/C19H26O/c1-18(20,17-5-3-2-4-6-17)13-19-10-14-7-15(11-19)9-16(8-14)12-19/h2-6,14-16,20H,7-13H2,1H3. The second-order valence-corrected chi connectivity index (χ2v) is 8.23. The average Bonchev–Trinajstić information content (AvgIpc) is 2.36. The van der Waals surface area contributed by atoms with E-state index in [1.54, 1.807) is 0 Å². The van der Waals surface area contributed by atoms with E-state index in [0.717, 1.165) is 29.7 Å². The Bertz CT molecular complexity index is 452. The van der Waals surface area contributed by atoms with Crippen LogP contribution < -0.4 is 0 Å². The van der Waals surface area contributed by atoms with Gasteiger partial charge in [0.15, 0.2) is 0 Å². The molecule has 0 saturated heterocycles. The number of aliphatic hydroxyl groups is 1. The van der Waals surface area contributed by atoms with Crippen LogP contribution in [0.2, 0.25) is 0 Å². The third-order valence-electron chi connectivity index (χ3n) is 6.28. The van der Waals surface area contributed by atoms with E-state index in [4.69, 9.17) is 0 Å². The predicted molar refractivity (Wildman–Crippen MR) is 81.2 cm³/mol. The zero-order valence-corrected chi connectivity index (χ0v) is 12.5. The van der Waals surface area contributed by atoms with Gasteiger partial charge in [-0.15, -0.1) is 0 Å². The molecule has 20 heavy (non-hydrogen) atoms. The number of benzene rings is 1. The molecule has 0 aromatic heterocycles. The van der Waals surface area contributed by atoms with Crippen molar-refractivity contribution in [3.63, 3.8) is 0 Å². The zero-order valence-electron chi connectivity index (χ0n) is 12.5. The second-order valence-electron chi connectivity index (χ2n) is 8.23. The average molecular weight is 270 g/mol. The molecule has 1 atom stereocenters. The minimum Gasteiger partial charge on any atom is -0.385 e. The Kier molecular flexibility index (Phi) is 2.79. The first-order valence-corrected chi connectivity index (χ1v) is 8.33. The Labute approximate surface area is 122 Å². The molecular formula is C19H26O. The highest BCUT2D eigenvalue weighted by Gasteiger charge is 2.52. The molecule has 1 N–H and O–H groups in total. The fourth-order valence-corrected chi connectivity index (χ4v) is 6.14. The van der Waals surface area contributed by atoms with Gasteiger partial charge in [-0.3, -0.25) is 0 Å². The minimum absolute atomic E-state index is 0.439. The van der Waals surface area contributed by atoms with Crippen LogP contribution in [0, 0.1) is 23.2 Å². The number of rotatable bonds is 3. The van der Waals surface area contributed by atoms with Crippen molar-refractivity contribution in [1.82, 2.24) is 0 Å². The van der Waals surface area contributed by atoms with Crippen molar-refractivity contribution >= 4 is 0 Å². The molecule has 4 fully saturated rings. The summed E-state index contributed by atoms with van der Waals surface area (Å²) < 4.78 is 0. The van der Waals surface area contributed by atoms with Gasteiger partial charge in [0.1, 0.15) is 0 Å². The van der Waals surface area contributed by atoms with Crippen molar-refractivity contribution in [2.24, 2.45) is 23.2 Å². The minimum atomic E-state index is -0.660. The van der Waals surface area contributed by atoms with Crippen molar-refractivity contribution in [3.8, 4) is 0 Å². The fourth-order valence-electron chi connectivity index (χ4n) is 6.14. The molecular weight excluding hydrogens is 244 g/mol. The highest BCUT2D eigenvalue weighted by molar-refractivity contribution is 5.22. The van der Waals surface area contributed by atoms with E-state index in [-0.39, 0.29) is 0 Å². The van der Waals surface area contributed by atoms with Crippen LogP contribution in [0.5, 0.6) is 0 Å². The van der Waals surface area contributed by atoms with Crippen molar-refractivity contribution < 1.29 is 5.11 Å². The molecule has 108 valence electrons. The SMILES string of the molecule is CC(O)(CC12CC3CC(CC(C3)C1)C2)c1ccccc1. The van der Waals surface area contributed by atoms with Gasteiger partial charge in [-0.25, -0.2) is 0 Å². The van der Waals surface area contributed by atoms with Crippen molar-refractivity contribution in [3.05, 3.63) is 35.9 Å². The molecule has 4 aliphatic rings. The van der Waals surface area contributed by atoms with Crippen LogP contribution in [0.15, 0.2) is 30.3 Å². The molecule has 4 aliphatic carbocycles. The molecule has 0 aliphatic heterocycles. The summed E-state index contributed by atoms with van der Waals surface area (Å²) in [6, 6.07) is 10.3. The molecule has 1 heteroatoms. The highest BCUT2D eigenvalue weighted by atomic mass is 16.3. The topological polar surface area (TPSA) is 20.2 Å². The molecule has 5 rings (SSSR count). The molecule has 4 saturated carbocycles. The monoisotopic (exact) mass is 270 g/mol. The van der Waals surface area contributed by atoms with Crippen molar-refractivity contribution in [2.75, 3.05) is 0 Å². The lowest BCUT2D eigenvalue weighted by molar-refractivity contribution is -0.101. The van der Waals surface area contributed by atoms with Crippen LogP contribution in [0.4, 0.5) is 0 Å². The third kappa shape index (κ3) is 2.11. The Morgan fingerprint density at radius 2 is 1.50 bits per heavy atom. The Morgan fingerprint density at radius 1 is 1.00 bits per heavy atom. The lowest BCUT2D eigenvalue weighted by atomic mass is 9.47. The quantitative estimate of drug-likeness (QED) is 0.857. The van der Waals surface area contributed by atoms with E-state index < -0.39 is 5.60 Å². The lowest BCUT2D eigenvalue weighted by Crippen LogP contribution is -2.48. The predicted octanol–water partition coefficient (Wildman–Crippen LogP) is 4.50. The summed E-state index contributed by atoms with van der Waals surface area (Å²) >= 11 is 0. The first-order chi connectivity index (χ1) is 9.55. The molecule has 0 heterocycles. The smallest absolute Gasteiger partial charge is 0.0873 e. The number of hydrogen-bond donors (Lipinski definition) is 1. The Balaban J connectivity index is 1.59. The maximum absolute atomic E-state index is 11.0. The Morgan fingerprint density at radius 3 is 2.00 bits per heavy atom. The summed E-state index contributed by atoms with van der Waals surface area (Å²) in [7, 11) is 0. The summed E-state index contributed by atoms with van der Waals surface area (Å²) in [6.45, 7) is 2.03. The highest BCUT2D eigenvalue weighted by Crippen LogP contribution is 2.62. The van der Waals surface area contributed by atoms with Gasteiger partial charge in [-0.1, -0.05) is 30.3 Å². The van der Waals surface area contributed by atoms with Gasteiger partial charge in [0.05, 0.1) is 5.60 Å². The molecule has 0 radical (unpaired) electrons. The van der Waals surface area contributed by atoms with Gasteiger partial charge in [0.2, 0.25) is 0 Å². The van der Waals surface area contributed by atoms with E-state index in [0.29, 0.717) is 5.41 Å². The van der Waals surface area contributed by atoms with Gasteiger partial charge < -0.3 is 5.11 Å². The van der Waals surface area contributed by atoms with Crippen LogP contribution in [0.3, 0.4) is 0 Å². The van der Waals surface area contributed by atoms with Crippen molar-refractivity contribution in [1.29, 1.82) is 0 Å². The molecule has 1 aromatic rings. The largest absolute Gasteiger partial charge is 0.385 e. The van der Waals surface area contributed by atoms with Crippen LogP contribution in [-0.2, 0) is 5.60 Å². The molecule has 1 unspecified atom stereocenters. The van der Waals surface area contributed by atoms with Gasteiger partial charge >= 0.3 is 0 Å². The molecule has 0 spiro atoms. The summed E-state index contributed by atoms with van der Waals surface area (Å²) in [5, 5.41) is 11.0. The normalized spacial score (nSPS) is 41.6. The van der Waals surface area contributed by atoms with Crippen molar-refractivity contribution in [2.45, 2.75) is 57.5 Å².